The first kappa shape index (κ1) is 26.0. The molecule has 3 aromatic rings. The van der Waals surface area contributed by atoms with Crippen molar-refractivity contribution in [2.45, 2.75) is 19.4 Å². The molecule has 2 aliphatic rings. The third-order valence-corrected chi connectivity index (χ3v) is 7.05. The molecule has 2 saturated heterocycles. The lowest BCUT2D eigenvalue weighted by Crippen LogP contribution is -2.38. The fourth-order valence-corrected chi connectivity index (χ4v) is 4.79. The molecule has 2 fully saturated rings. The number of methoxy groups -OCH3 is 2. The molecule has 1 N–H and O–H groups in total. The summed E-state index contributed by atoms with van der Waals surface area (Å²) in [6.45, 7) is 7.14. The first-order valence-corrected chi connectivity index (χ1v) is 12.9. The van der Waals surface area contributed by atoms with Crippen LogP contribution in [0.3, 0.4) is 0 Å². The van der Waals surface area contributed by atoms with Crippen molar-refractivity contribution in [3.8, 4) is 34.4 Å². The van der Waals surface area contributed by atoms with Gasteiger partial charge < -0.3 is 29.0 Å². The number of nitrogens with one attached hydrogen (secondary N) is 1. The number of hydrogen-bond donors (Lipinski definition) is 1. The first-order chi connectivity index (χ1) is 18.6. The zero-order valence-corrected chi connectivity index (χ0v) is 22.1. The van der Waals surface area contributed by atoms with Crippen molar-refractivity contribution in [1.82, 2.24) is 20.2 Å². The average molecular weight is 523 g/mol. The van der Waals surface area contributed by atoms with E-state index >= 15 is 0 Å². The third kappa shape index (κ3) is 5.76. The molecule has 5 rings (SSSR count). The van der Waals surface area contributed by atoms with E-state index in [4.69, 9.17) is 28.7 Å². The van der Waals surface area contributed by atoms with Gasteiger partial charge in [-0.1, -0.05) is 0 Å². The number of hydrogen-bond acceptors (Lipinski definition) is 9. The van der Waals surface area contributed by atoms with Crippen molar-refractivity contribution in [1.29, 1.82) is 0 Å². The molecule has 0 aliphatic carbocycles. The van der Waals surface area contributed by atoms with E-state index in [-0.39, 0.29) is 17.9 Å². The summed E-state index contributed by atoms with van der Waals surface area (Å²) in [6.07, 6.45) is 1.98. The number of amides is 1. The number of aromatic nitrogens is 2. The fraction of sp³-hybridized carbons (Fsp3) is 0.464. The molecular weight excluding hydrogens is 488 g/mol. The van der Waals surface area contributed by atoms with Crippen molar-refractivity contribution >= 4 is 16.8 Å². The lowest BCUT2D eigenvalue weighted by atomic mass is 10.0. The van der Waals surface area contributed by atoms with Crippen LogP contribution < -0.4 is 24.3 Å². The second-order valence-corrected chi connectivity index (χ2v) is 9.49. The molecule has 0 bridgehead atoms. The van der Waals surface area contributed by atoms with Gasteiger partial charge in [0, 0.05) is 50.3 Å². The SMILES string of the molecule is COc1cc(-c2cc3ncccc3c(O[C@H](C)[C@H]3CNC(=O)C3)n2)cc(OC)c1OCCN1CCOCC1. The lowest BCUT2D eigenvalue weighted by molar-refractivity contribution is -0.119. The Morgan fingerprint density at radius 2 is 1.92 bits per heavy atom. The highest BCUT2D eigenvalue weighted by molar-refractivity contribution is 5.87. The maximum absolute atomic E-state index is 11.7. The minimum Gasteiger partial charge on any atom is -0.493 e. The van der Waals surface area contributed by atoms with Crippen LogP contribution >= 0.6 is 0 Å². The first-order valence-electron chi connectivity index (χ1n) is 12.9. The summed E-state index contributed by atoms with van der Waals surface area (Å²) < 4.78 is 29.3. The van der Waals surface area contributed by atoms with Crippen LogP contribution in [0.2, 0.25) is 0 Å². The predicted molar refractivity (Wildman–Crippen MR) is 142 cm³/mol. The van der Waals surface area contributed by atoms with E-state index < -0.39 is 0 Å². The highest BCUT2D eigenvalue weighted by atomic mass is 16.5. The number of carbonyl (C=O) groups is 1. The molecule has 1 amide bonds. The van der Waals surface area contributed by atoms with E-state index in [0.717, 1.165) is 49.3 Å². The topological polar surface area (TPSA) is 104 Å². The molecule has 10 nitrogen and oxygen atoms in total. The minimum atomic E-state index is -0.202. The van der Waals surface area contributed by atoms with Crippen LogP contribution in [0.5, 0.6) is 23.1 Å². The second kappa shape index (κ2) is 11.8. The molecule has 1 aromatic carbocycles. The van der Waals surface area contributed by atoms with Crippen LogP contribution in [-0.4, -0.2) is 87.1 Å². The number of benzene rings is 1. The number of ether oxygens (including phenoxy) is 5. The average Bonchev–Trinajstić information content (AvgIpc) is 3.39. The smallest absolute Gasteiger partial charge is 0.223 e. The van der Waals surface area contributed by atoms with Gasteiger partial charge in [0.1, 0.15) is 12.7 Å². The summed E-state index contributed by atoms with van der Waals surface area (Å²) in [7, 11) is 3.21. The van der Waals surface area contributed by atoms with Crippen molar-refractivity contribution in [2.75, 3.05) is 60.2 Å². The van der Waals surface area contributed by atoms with Crippen LogP contribution in [0.25, 0.3) is 22.2 Å². The number of morpholine rings is 1. The van der Waals surface area contributed by atoms with Crippen LogP contribution in [0.1, 0.15) is 13.3 Å². The zero-order valence-electron chi connectivity index (χ0n) is 22.1. The van der Waals surface area contributed by atoms with Gasteiger partial charge in [-0.25, -0.2) is 4.98 Å². The highest BCUT2D eigenvalue weighted by Gasteiger charge is 2.29. The molecule has 10 heteroatoms. The molecule has 0 unspecified atom stereocenters. The van der Waals surface area contributed by atoms with Gasteiger partial charge in [0.25, 0.3) is 0 Å². The van der Waals surface area contributed by atoms with E-state index in [1.165, 1.54) is 0 Å². The standard InChI is InChI=1S/C28H34N4O6/c1-18(20-15-26(33)30-17-20)38-28-21-5-4-6-29-23(21)16-22(31-28)19-13-24(34-2)27(25(14-19)35-3)37-12-9-32-7-10-36-11-8-32/h4-6,13-14,16,18,20H,7-12,15,17H2,1-3H3,(H,30,33)/t18-,20-/m1/s1. The number of pyridine rings is 2. The predicted octanol–water partition coefficient (Wildman–Crippen LogP) is 2.93. The summed E-state index contributed by atoms with van der Waals surface area (Å²) in [5.74, 6) is 2.25. The molecule has 2 aromatic heterocycles. The Morgan fingerprint density at radius 3 is 2.61 bits per heavy atom. The second-order valence-electron chi connectivity index (χ2n) is 9.49. The number of fused-ring (bicyclic) bond motifs is 1. The van der Waals surface area contributed by atoms with Crippen molar-refractivity contribution < 1.29 is 28.5 Å². The lowest BCUT2D eigenvalue weighted by Gasteiger charge is -2.26. The van der Waals surface area contributed by atoms with Gasteiger partial charge in [-0.05, 0) is 37.3 Å². The Hall–Kier alpha value is -3.63. The van der Waals surface area contributed by atoms with Crippen molar-refractivity contribution in [3.63, 3.8) is 0 Å². The van der Waals surface area contributed by atoms with Gasteiger partial charge in [-0.2, -0.15) is 0 Å². The largest absolute Gasteiger partial charge is 0.493 e. The Morgan fingerprint density at radius 1 is 1.16 bits per heavy atom. The summed E-state index contributed by atoms with van der Waals surface area (Å²) >= 11 is 0. The van der Waals surface area contributed by atoms with Gasteiger partial charge in [0.15, 0.2) is 11.5 Å². The molecule has 2 atom stereocenters. The van der Waals surface area contributed by atoms with Gasteiger partial charge in [0.2, 0.25) is 17.5 Å². The van der Waals surface area contributed by atoms with Gasteiger partial charge in [-0.15, -0.1) is 0 Å². The Bertz CT molecular complexity index is 1250. The zero-order chi connectivity index (χ0) is 26.5. The normalized spacial score (nSPS) is 18.7. The molecule has 0 spiro atoms. The Labute approximate surface area is 222 Å². The van der Waals surface area contributed by atoms with Crippen LogP contribution in [-0.2, 0) is 9.53 Å². The molecule has 0 saturated carbocycles. The third-order valence-electron chi connectivity index (χ3n) is 7.05. The fourth-order valence-electron chi connectivity index (χ4n) is 4.79. The molecule has 2 aliphatic heterocycles. The highest BCUT2D eigenvalue weighted by Crippen LogP contribution is 2.42. The molecular formula is C28H34N4O6. The maximum Gasteiger partial charge on any atom is 0.223 e. The Kier molecular flexibility index (Phi) is 8.09. The van der Waals surface area contributed by atoms with Gasteiger partial charge in [0.05, 0.1) is 44.0 Å². The summed E-state index contributed by atoms with van der Waals surface area (Å²) in [6, 6.07) is 9.48. The van der Waals surface area contributed by atoms with E-state index in [0.29, 0.717) is 48.4 Å². The van der Waals surface area contributed by atoms with Crippen molar-refractivity contribution in [2.24, 2.45) is 5.92 Å². The molecule has 0 radical (unpaired) electrons. The summed E-state index contributed by atoms with van der Waals surface area (Å²) in [5, 5.41) is 3.68. The summed E-state index contributed by atoms with van der Waals surface area (Å²) in [5.41, 5.74) is 2.20. The molecule has 38 heavy (non-hydrogen) atoms. The number of nitrogens with zero attached hydrogens (tertiary/aromatic N) is 3. The van der Waals surface area contributed by atoms with E-state index in [2.05, 4.69) is 15.2 Å². The van der Waals surface area contributed by atoms with E-state index in [9.17, 15) is 4.79 Å². The van der Waals surface area contributed by atoms with Crippen LogP contribution in [0.4, 0.5) is 0 Å². The maximum atomic E-state index is 11.7. The number of carbonyl (C=O) groups excluding carboxylic acids is 1. The molecule has 4 heterocycles. The Balaban J connectivity index is 1.43. The minimum absolute atomic E-state index is 0.0464. The van der Waals surface area contributed by atoms with E-state index in [1.807, 2.05) is 37.3 Å². The van der Waals surface area contributed by atoms with E-state index in [1.54, 1.807) is 20.4 Å². The molecule has 202 valence electrons. The van der Waals surface area contributed by atoms with Crippen LogP contribution in [0, 0.1) is 5.92 Å². The van der Waals surface area contributed by atoms with Crippen molar-refractivity contribution in [3.05, 3.63) is 36.5 Å². The number of rotatable bonds is 10. The summed E-state index contributed by atoms with van der Waals surface area (Å²) in [4.78, 5) is 23.4. The van der Waals surface area contributed by atoms with Crippen LogP contribution in [0.15, 0.2) is 36.5 Å². The quantitative estimate of drug-likeness (QED) is 0.430. The van der Waals surface area contributed by atoms with Gasteiger partial charge >= 0.3 is 0 Å². The van der Waals surface area contributed by atoms with Gasteiger partial charge in [-0.3, -0.25) is 14.7 Å². The monoisotopic (exact) mass is 522 g/mol.